The van der Waals surface area contributed by atoms with Crippen LogP contribution in [0.5, 0.6) is 0 Å². The van der Waals surface area contributed by atoms with Gasteiger partial charge in [0.15, 0.2) is 0 Å². The van der Waals surface area contributed by atoms with Crippen molar-refractivity contribution < 1.29 is 18.0 Å². The summed E-state index contributed by atoms with van der Waals surface area (Å²) in [6.07, 6.45) is -4.58. The molecule has 0 saturated carbocycles. The van der Waals surface area contributed by atoms with Crippen molar-refractivity contribution in [1.82, 2.24) is 5.32 Å². The summed E-state index contributed by atoms with van der Waals surface area (Å²) in [6, 6.07) is 3.19. The molecule has 0 fully saturated rings. The Morgan fingerprint density at radius 1 is 1.25 bits per heavy atom. The lowest BCUT2D eigenvalue weighted by molar-refractivity contribution is -0.137. The van der Waals surface area contributed by atoms with Gasteiger partial charge in [-0.1, -0.05) is 19.9 Å². The first kappa shape index (κ1) is 16.3. The maximum atomic E-state index is 12.8. The largest absolute Gasteiger partial charge is 0.418 e. The summed E-state index contributed by atoms with van der Waals surface area (Å²) < 4.78 is 38.5. The third kappa shape index (κ3) is 3.63. The molecule has 1 rings (SSSR count). The Morgan fingerprint density at radius 3 is 2.30 bits per heavy atom. The predicted molar refractivity (Wildman–Crippen MR) is 71.0 cm³/mol. The number of nitrogens with one attached hydrogen (secondary N) is 2. The standard InChI is InChI=1S/C13H18F3N3O/c1-7(2)8(3)18-12(20)9-5-4-6-10(11(9)19-17)13(14,15)16/h4-8,19H,17H2,1-3H3,(H,18,20). The van der Waals surface area contributed by atoms with E-state index in [2.05, 4.69) is 5.32 Å². The first-order valence-electron chi connectivity index (χ1n) is 6.16. The zero-order valence-electron chi connectivity index (χ0n) is 11.5. The second-order valence-electron chi connectivity index (χ2n) is 4.88. The molecule has 0 radical (unpaired) electrons. The molecule has 0 aliphatic heterocycles. The second-order valence-corrected chi connectivity index (χ2v) is 4.88. The number of hydrogen-bond acceptors (Lipinski definition) is 3. The van der Waals surface area contributed by atoms with E-state index in [1.54, 1.807) is 6.92 Å². The third-order valence-corrected chi connectivity index (χ3v) is 3.12. The molecule has 4 N–H and O–H groups in total. The number of hydrogen-bond donors (Lipinski definition) is 3. The Morgan fingerprint density at radius 2 is 1.85 bits per heavy atom. The Bertz CT molecular complexity index is 486. The molecule has 0 aromatic heterocycles. The minimum atomic E-state index is -4.58. The molecule has 0 aliphatic rings. The van der Waals surface area contributed by atoms with E-state index in [1.165, 1.54) is 12.1 Å². The van der Waals surface area contributed by atoms with Gasteiger partial charge < -0.3 is 10.7 Å². The van der Waals surface area contributed by atoms with E-state index in [-0.39, 0.29) is 17.5 Å². The molecule has 0 aliphatic carbocycles. The van der Waals surface area contributed by atoms with Crippen LogP contribution in [-0.2, 0) is 6.18 Å². The molecule has 112 valence electrons. The van der Waals surface area contributed by atoms with Crippen LogP contribution in [0.1, 0.15) is 36.7 Å². The summed E-state index contributed by atoms with van der Waals surface area (Å²) in [6.45, 7) is 5.59. The van der Waals surface area contributed by atoms with E-state index in [0.29, 0.717) is 0 Å². The normalized spacial score (nSPS) is 13.2. The highest BCUT2D eigenvalue weighted by atomic mass is 19.4. The molecule has 0 spiro atoms. The van der Waals surface area contributed by atoms with Gasteiger partial charge in [0.25, 0.3) is 5.91 Å². The molecule has 4 nitrogen and oxygen atoms in total. The number of halogens is 3. The van der Waals surface area contributed by atoms with Crippen LogP contribution >= 0.6 is 0 Å². The van der Waals surface area contributed by atoms with Crippen molar-refractivity contribution in [2.75, 3.05) is 5.43 Å². The molecule has 0 bridgehead atoms. The summed E-state index contributed by atoms with van der Waals surface area (Å²) in [5, 5.41) is 2.65. The van der Waals surface area contributed by atoms with Gasteiger partial charge in [0.05, 0.1) is 16.8 Å². The fourth-order valence-corrected chi connectivity index (χ4v) is 1.58. The van der Waals surface area contributed by atoms with Crippen molar-refractivity contribution >= 4 is 11.6 Å². The molecule has 0 saturated heterocycles. The van der Waals surface area contributed by atoms with Gasteiger partial charge in [0, 0.05) is 6.04 Å². The summed E-state index contributed by atoms with van der Waals surface area (Å²) >= 11 is 0. The minimum Gasteiger partial charge on any atom is -0.349 e. The zero-order chi connectivity index (χ0) is 15.5. The highest BCUT2D eigenvalue weighted by Crippen LogP contribution is 2.36. The smallest absolute Gasteiger partial charge is 0.349 e. The molecule has 20 heavy (non-hydrogen) atoms. The lowest BCUT2D eigenvalue weighted by Gasteiger charge is -2.20. The van der Waals surface area contributed by atoms with Gasteiger partial charge in [-0.2, -0.15) is 13.2 Å². The van der Waals surface area contributed by atoms with Crippen LogP contribution in [-0.4, -0.2) is 11.9 Å². The molecule has 1 aromatic rings. The zero-order valence-corrected chi connectivity index (χ0v) is 11.5. The van der Waals surface area contributed by atoms with E-state index in [1.807, 2.05) is 19.3 Å². The van der Waals surface area contributed by atoms with Gasteiger partial charge >= 0.3 is 6.18 Å². The summed E-state index contributed by atoms with van der Waals surface area (Å²) in [5.74, 6) is 4.72. The molecule has 7 heteroatoms. The van der Waals surface area contributed by atoms with Crippen molar-refractivity contribution in [3.8, 4) is 0 Å². The van der Waals surface area contributed by atoms with E-state index >= 15 is 0 Å². The van der Waals surface area contributed by atoms with Gasteiger partial charge in [-0.3, -0.25) is 10.6 Å². The second kappa shape index (κ2) is 6.13. The number of rotatable bonds is 4. The highest BCUT2D eigenvalue weighted by molar-refractivity contribution is 6.00. The fraction of sp³-hybridized carbons (Fsp3) is 0.462. The number of para-hydroxylation sites is 1. The summed E-state index contributed by atoms with van der Waals surface area (Å²) in [5.41, 5.74) is 0.453. The maximum Gasteiger partial charge on any atom is 0.418 e. The number of benzene rings is 1. The predicted octanol–water partition coefficient (Wildman–Crippen LogP) is 2.77. The Hall–Kier alpha value is -1.76. The van der Waals surface area contributed by atoms with E-state index in [4.69, 9.17) is 5.84 Å². The molecular weight excluding hydrogens is 271 g/mol. The van der Waals surface area contributed by atoms with E-state index in [0.717, 1.165) is 6.07 Å². The number of carbonyl (C=O) groups is 1. The molecule has 0 heterocycles. The van der Waals surface area contributed by atoms with Crippen LogP contribution < -0.4 is 16.6 Å². The summed E-state index contributed by atoms with van der Waals surface area (Å²) in [7, 11) is 0. The average molecular weight is 289 g/mol. The van der Waals surface area contributed by atoms with Crippen molar-refractivity contribution in [1.29, 1.82) is 0 Å². The van der Waals surface area contributed by atoms with Gasteiger partial charge in [0.2, 0.25) is 0 Å². The quantitative estimate of drug-likeness (QED) is 0.590. The van der Waals surface area contributed by atoms with Crippen LogP contribution in [0.4, 0.5) is 18.9 Å². The fourth-order valence-electron chi connectivity index (χ4n) is 1.58. The maximum absolute atomic E-state index is 12.8. The average Bonchev–Trinajstić information content (AvgIpc) is 2.36. The summed E-state index contributed by atoms with van der Waals surface area (Å²) in [4.78, 5) is 12.0. The van der Waals surface area contributed by atoms with Crippen molar-refractivity contribution in [3.05, 3.63) is 29.3 Å². The number of amides is 1. The molecule has 1 amide bonds. The molecular formula is C13H18F3N3O. The number of anilines is 1. The minimum absolute atomic E-state index is 0.130. The molecule has 1 unspecified atom stereocenters. The number of hydrazine groups is 1. The van der Waals surface area contributed by atoms with Crippen LogP contribution in [0.25, 0.3) is 0 Å². The van der Waals surface area contributed by atoms with Gasteiger partial charge in [-0.05, 0) is 25.0 Å². The molecule has 1 aromatic carbocycles. The third-order valence-electron chi connectivity index (χ3n) is 3.12. The Balaban J connectivity index is 3.16. The first-order valence-corrected chi connectivity index (χ1v) is 6.16. The van der Waals surface area contributed by atoms with Gasteiger partial charge in [-0.25, -0.2) is 0 Å². The number of carbonyl (C=O) groups excluding carboxylic acids is 1. The lowest BCUT2D eigenvalue weighted by atomic mass is 10.0. The van der Waals surface area contributed by atoms with Gasteiger partial charge in [-0.15, -0.1) is 0 Å². The Kier molecular flexibility index (Phi) is 4.99. The number of alkyl halides is 3. The van der Waals surface area contributed by atoms with Crippen LogP contribution in [0.15, 0.2) is 18.2 Å². The Labute approximate surface area is 115 Å². The SMILES string of the molecule is CC(C)C(C)NC(=O)c1cccc(C(F)(F)F)c1NN. The van der Waals surface area contributed by atoms with E-state index < -0.39 is 23.3 Å². The van der Waals surface area contributed by atoms with Crippen LogP contribution in [0.2, 0.25) is 0 Å². The van der Waals surface area contributed by atoms with Crippen LogP contribution in [0.3, 0.4) is 0 Å². The van der Waals surface area contributed by atoms with Gasteiger partial charge in [0.1, 0.15) is 0 Å². The highest BCUT2D eigenvalue weighted by Gasteiger charge is 2.35. The molecule has 1 atom stereocenters. The monoisotopic (exact) mass is 289 g/mol. The van der Waals surface area contributed by atoms with E-state index in [9.17, 15) is 18.0 Å². The van der Waals surface area contributed by atoms with Crippen molar-refractivity contribution in [2.45, 2.75) is 33.0 Å². The van der Waals surface area contributed by atoms with Crippen LogP contribution in [0, 0.1) is 5.92 Å². The lowest BCUT2D eigenvalue weighted by Crippen LogP contribution is -2.36. The van der Waals surface area contributed by atoms with Crippen molar-refractivity contribution in [2.24, 2.45) is 11.8 Å². The first-order chi connectivity index (χ1) is 9.18. The topological polar surface area (TPSA) is 67.2 Å². The number of nitrogens with two attached hydrogens (primary N) is 1. The van der Waals surface area contributed by atoms with Crippen molar-refractivity contribution in [3.63, 3.8) is 0 Å². The number of nitrogen functional groups attached to an aromatic ring is 1.